The highest BCUT2D eigenvalue weighted by Gasteiger charge is 2.21. The number of nitrogens with zero attached hydrogens (tertiary/aromatic N) is 2. The molecule has 0 saturated carbocycles. The van der Waals surface area contributed by atoms with Crippen LogP contribution in [0.1, 0.15) is 18.4 Å². The van der Waals surface area contributed by atoms with Gasteiger partial charge in [0.15, 0.2) is 0 Å². The van der Waals surface area contributed by atoms with Crippen LogP contribution in [-0.4, -0.2) is 28.2 Å². The maximum absolute atomic E-state index is 6.53. The third-order valence-electron chi connectivity index (χ3n) is 4.70. The molecule has 0 bridgehead atoms. The maximum Gasteiger partial charge on any atom is 0.0548 e. The molecule has 1 unspecified atom stereocenters. The summed E-state index contributed by atoms with van der Waals surface area (Å²) in [6, 6.07) is 17.0. The predicted octanol–water partition coefficient (Wildman–Crippen LogP) is 5.64. The third-order valence-corrected chi connectivity index (χ3v) is 6.43. The topological polar surface area (TPSA) is 16.1 Å². The van der Waals surface area contributed by atoms with E-state index >= 15 is 0 Å². The average Bonchev–Trinajstić information content (AvgIpc) is 2.63. The number of rotatable bonds is 4. The summed E-state index contributed by atoms with van der Waals surface area (Å²) in [6.45, 7) is 3.34. The van der Waals surface area contributed by atoms with Crippen LogP contribution < -0.4 is 0 Å². The van der Waals surface area contributed by atoms with Gasteiger partial charge in [0.25, 0.3) is 0 Å². The van der Waals surface area contributed by atoms with Gasteiger partial charge in [0.05, 0.1) is 5.02 Å². The Labute approximate surface area is 158 Å². The zero-order valence-electron chi connectivity index (χ0n) is 14.1. The molecule has 2 aromatic carbocycles. The van der Waals surface area contributed by atoms with E-state index in [9.17, 15) is 0 Å². The summed E-state index contributed by atoms with van der Waals surface area (Å²) in [5, 5.41) is 3.74. The normalized spacial score (nSPS) is 18.5. The lowest BCUT2D eigenvalue weighted by molar-refractivity contribution is 0.226. The lowest BCUT2D eigenvalue weighted by Crippen LogP contribution is -2.36. The summed E-state index contributed by atoms with van der Waals surface area (Å²) >= 11 is 8.45. The molecule has 1 fully saturated rings. The van der Waals surface area contributed by atoms with Crippen molar-refractivity contribution in [3.63, 3.8) is 0 Å². The maximum atomic E-state index is 6.53. The Balaban J connectivity index is 1.46. The minimum atomic E-state index is 0.592. The van der Waals surface area contributed by atoms with Gasteiger partial charge in [-0.1, -0.05) is 41.9 Å². The highest BCUT2D eigenvalue weighted by molar-refractivity contribution is 8.00. The Kier molecular flexibility index (Phi) is 5.25. The molecule has 25 heavy (non-hydrogen) atoms. The average molecular weight is 369 g/mol. The minimum absolute atomic E-state index is 0.592. The van der Waals surface area contributed by atoms with E-state index in [-0.39, 0.29) is 0 Å². The number of benzene rings is 2. The molecule has 0 aliphatic carbocycles. The van der Waals surface area contributed by atoms with Crippen molar-refractivity contribution < 1.29 is 0 Å². The molecule has 1 aliphatic heterocycles. The number of halogens is 1. The van der Waals surface area contributed by atoms with E-state index in [0.717, 1.165) is 23.5 Å². The van der Waals surface area contributed by atoms with Gasteiger partial charge in [-0.2, -0.15) is 0 Å². The predicted molar refractivity (Wildman–Crippen MR) is 107 cm³/mol. The van der Waals surface area contributed by atoms with Crippen LogP contribution in [0, 0.1) is 0 Å². The lowest BCUT2D eigenvalue weighted by atomic mass is 10.1. The van der Waals surface area contributed by atoms with E-state index in [1.54, 1.807) is 0 Å². The molecule has 0 spiro atoms. The number of fused-ring (bicyclic) bond motifs is 1. The first-order chi connectivity index (χ1) is 12.3. The summed E-state index contributed by atoms with van der Waals surface area (Å²) in [4.78, 5) is 7.93. The van der Waals surface area contributed by atoms with Crippen LogP contribution in [0.15, 0.2) is 65.8 Å². The molecular formula is C21H21ClN2S. The lowest BCUT2D eigenvalue weighted by Gasteiger charge is -2.32. The minimum Gasteiger partial charge on any atom is -0.298 e. The fraction of sp³-hybridized carbons (Fsp3) is 0.286. The highest BCUT2D eigenvalue weighted by Crippen LogP contribution is 2.36. The molecule has 1 atom stereocenters. The largest absolute Gasteiger partial charge is 0.298 e. The van der Waals surface area contributed by atoms with Gasteiger partial charge in [0.2, 0.25) is 0 Å². The van der Waals surface area contributed by atoms with Gasteiger partial charge < -0.3 is 0 Å². The number of pyridine rings is 1. The van der Waals surface area contributed by atoms with Gasteiger partial charge in [-0.15, -0.1) is 11.8 Å². The Morgan fingerprint density at radius 3 is 2.88 bits per heavy atom. The molecule has 1 aliphatic rings. The van der Waals surface area contributed by atoms with Gasteiger partial charge >= 0.3 is 0 Å². The summed E-state index contributed by atoms with van der Waals surface area (Å²) in [6.07, 6.45) is 6.21. The van der Waals surface area contributed by atoms with E-state index in [1.165, 1.54) is 35.2 Å². The molecule has 0 amide bonds. The molecule has 0 radical (unpaired) electrons. The Hall–Kier alpha value is -1.55. The second kappa shape index (κ2) is 7.77. The summed E-state index contributed by atoms with van der Waals surface area (Å²) in [5.41, 5.74) is 1.39. The number of hydrogen-bond donors (Lipinski definition) is 0. The second-order valence-corrected chi connectivity index (χ2v) is 8.36. The second-order valence-electron chi connectivity index (χ2n) is 6.61. The van der Waals surface area contributed by atoms with E-state index in [1.807, 2.05) is 30.2 Å². The monoisotopic (exact) mass is 368 g/mol. The van der Waals surface area contributed by atoms with E-state index in [2.05, 4.69) is 52.3 Å². The molecule has 0 N–H and O–H groups in total. The van der Waals surface area contributed by atoms with Crippen LogP contribution in [0.4, 0.5) is 0 Å². The Morgan fingerprint density at radius 1 is 1.12 bits per heavy atom. The molecule has 2 nitrogen and oxygen atoms in total. The van der Waals surface area contributed by atoms with Crippen LogP contribution in [0.2, 0.25) is 5.02 Å². The van der Waals surface area contributed by atoms with Crippen LogP contribution >= 0.6 is 23.4 Å². The molecular weight excluding hydrogens is 348 g/mol. The van der Waals surface area contributed by atoms with Gasteiger partial charge in [0, 0.05) is 41.0 Å². The third kappa shape index (κ3) is 4.17. The quantitative estimate of drug-likeness (QED) is 0.592. The summed E-state index contributed by atoms with van der Waals surface area (Å²) < 4.78 is 0. The zero-order valence-corrected chi connectivity index (χ0v) is 15.6. The SMILES string of the molecule is Clc1cc2cnccc2cc1SC1CCCN(Cc2ccccc2)C1. The van der Waals surface area contributed by atoms with Crippen molar-refractivity contribution in [3.8, 4) is 0 Å². The summed E-state index contributed by atoms with van der Waals surface area (Å²) in [5.74, 6) is 0. The number of aromatic nitrogens is 1. The number of thioether (sulfide) groups is 1. The first kappa shape index (κ1) is 16.9. The van der Waals surface area contributed by atoms with Gasteiger partial charge in [-0.05, 0) is 48.5 Å². The molecule has 1 aromatic heterocycles. The van der Waals surface area contributed by atoms with Crippen molar-refractivity contribution >= 4 is 34.1 Å². The molecule has 4 rings (SSSR count). The van der Waals surface area contributed by atoms with E-state index in [4.69, 9.17) is 11.6 Å². The Morgan fingerprint density at radius 2 is 2.00 bits per heavy atom. The fourth-order valence-corrected chi connectivity index (χ4v) is 5.05. The van der Waals surface area contributed by atoms with Crippen LogP contribution in [0.5, 0.6) is 0 Å². The summed E-state index contributed by atoms with van der Waals surface area (Å²) in [7, 11) is 0. The molecule has 3 aromatic rings. The first-order valence-electron chi connectivity index (χ1n) is 8.74. The Bertz CT molecular complexity index is 853. The van der Waals surface area contributed by atoms with Gasteiger partial charge in [-0.25, -0.2) is 0 Å². The van der Waals surface area contributed by atoms with Crippen molar-refractivity contribution in [1.82, 2.24) is 9.88 Å². The molecule has 4 heteroatoms. The van der Waals surface area contributed by atoms with Crippen molar-refractivity contribution in [2.45, 2.75) is 29.5 Å². The zero-order chi connectivity index (χ0) is 17.1. The van der Waals surface area contributed by atoms with Crippen LogP contribution in [-0.2, 0) is 6.54 Å². The van der Waals surface area contributed by atoms with E-state index in [0.29, 0.717) is 5.25 Å². The van der Waals surface area contributed by atoms with Crippen molar-refractivity contribution in [3.05, 3.63) is 71.5 Å². The van der Waals surface area contributed by atoms with Crippen molar-refractivity contribution in [1.29, 1.82) is 0 Å². The van der Waals surface area contributed by atoms with Crippen LogP contribution in [0.3, 0.4) is 0 Å². The van der Waals surface area contributed by atoms with Crippen LogP contribution in [0.25, 0.3) is 10.8 Å². The molecule has 128 valence electrons. The van der Waals surface area contributed by atoms with E-state index < -0.39 is 0 Å². The van der Waals surface area contributed by atoms with Crippen molar-refractivity contribution in [2.24, 2.45) is 0 Å². The fourth-order valence-electron chi connectivity index (χ4n) is 3.45. The smallest absolute Gasteiger partial charge is 0.0548 e. The number of likely N-dealkylation sites (tertiary alicyclic amines) is 1. The molecule has 2 heterocycles. The van der Waals surface area contributed by atoms with Gasteiger partial charge in [-0.3, -0.25) is 9.88 Å². The first-order valence-corrected chi connectivity index (χ1v) is 10.00. The number of hydrogen-bond acceptors (Lipinski definition) is 3. The van der Waals surface area contributed by atoms with Gasteiger partial charge in [0.1, 0.15) is 0 Å². The highest BCUT2D eigenvalue weighted by atomic mass is 35.5. The van der Waals surface area contributed by atoms with Crippen molar-refractivity contribution in [2.75, 3.05) is 13.1 Å². The molecule has 1 saturated heterocycles. The number of piperidine rings is 1. The standard InChI is InChI=1S/C21H21ClN2S/c22-20-11-18-13-23-9-8-17(18)12-21(20)25-19-7-4-10-24(15-19)14-16-5-2-1-3-6-16/h1-3,5-6,8-9,11-13,19H,4,7,10,14-15H2.